The summed E-state index contributed by atoms with van der Waals surface area (Å²) in [5.41, 5.74) is 3.07. The molecule has 0 radical (unpaired) electrons. The van der Waals surface area contributed by atoms with E-state index in [0.717, 1.165) is 12.8 Å². The van der Waals surface area contributed by atoms with E-state index in [-0.39, 0.29) is 18.0 Å². The van der Waals surface area contributed by atoms with Gasteiger partial charge in [-0.25, -0.2) is 4.79 Å². The summed E-state index contributed by atoms with van der Waals surface area (Å²) in [6.07, 6.45) is 1.67. The summed E-state index contributed by atoms with van der Waals surface area (Å²) in [6.45, 7) is 0. The number of methoxy groups -OCH3 is 1. The van der Waals surface area contributed by atoms with Gasteiger partial charge in [0, 0.05) is 5.92 Å². The molecule has 0 unspecified atom stereocenters. The van der Waals surface area contributed by atoms with E-state index >= 15 is 0 Å². The molecule has 3 atom stereocenters. The van der Waals surface area contributed by atoms with Crippen LogP contribution in [0.1, 0.15) is 46.2 Å². The topological polar surface area (TPSA) is 46.5 Å². The zero-order chi connectivity index (χ0) is 11.3. The molecule has 3 rings (SSSR count). The lowest BCUT2D eigenvalue weighted by Gasteiger charge is -2.20. The van der Waals surface area contributed by atoms with E-state index in [1.165, 1.54) is 18.2 Å². The first-order valence-electron chi connectivity index (χ1n) is 5.61. The Bertz CT molecular complexity index is 452. The van der Waals surface area contributed by atoms with Crippen LogP contribution in [0.15, 0.2) is 18.2 Å². The zero-order valence-corrected chi connectivity index (χ0v) is 9.14. The molecule has 0 aromatic heterocycles. The summed E-state index contributed by atoms with van der Waals surface area (Å²) < 4.78 is 4.71. The van der Waals surface area contributed by atoms with Gasteiger partial charge in [0.25, 0.3) is 0 Å². The molecule has 1 aromatic rings. The van der Waals surface area contributed by atoms with Gasteiger partial charge >= 0.3 is 5.97 Å². The van der Waals surface area contributed by atoms with E-state index in [1.54, 1.807) is 6.07 Å². The van der Waals surface area contributed by atoms with Crippen LogP contribution in [-0.4, -0.2) is 24.3 Å². The molecular weight excluding hydrogens is 204 g/mol. The molecule has 0 heterocycles. The summed E-state index contributed by atoms with van der Waals surface area (Å²) in [5.74, 6) is 0.428. The minimum atomic E-state index is -0.286. The molecule has 0 aliphatic heterocycles. The number of fused-ring (bicyclic) bond motifs is 5. The highest BCUT2D eigenvalue weighted by molar-refractivity contribution is 5.89. The van der Waals surface area contributed by atoms with Crippen molar-refractivity contribution in [3.05, 3.63) is 34.9 Å². The quantitative estimate of drug-likeness (QED) is 0.731. The van der Waals surface area contributed by atoms with Crippen molar-refractivity contribution in [3.8, 4) is 0 Å². The molecule has 0 spiro atoms. The average Bonchev–Trinajstić information content (AvgIpc) is 2.85. The van der Waals surface area contributed by atoms with E-state index in [4.69, 9.17) is 4.74 Å². The maximum absolute atomic E-state index is 11.4. The van der Waals surface area contributed by atoms with E-state index in [1.807, 2.05) is 12.1 Å². The molecule has 16 heavy (non-hydrogen) atoms. The first-order chi connectivity index (χ1) is 7.70. The molecule has 3 nitrogen and oxygen atoms in total. The van der Waals surface area contributed by atoms with Gasteiger partial charge < -0.3 is 9.84 Å². The minimum Gasteiger partial charge on any atom is -0.465 e. The van der Waals surface area contributed by atoms with Gasteiger partial charge in [-0.05, 0) is 42.0 Å². The Morgan fingerprint density at radius 1 is 1.38 bits per heavy atom. The van der Waals surface area contributed by atoms with E-state index in [9.17, 15) is 9.90 Å². The Kier molecular flexibility index (Phi) is 2.04. The molecule has 2 aliphatic carbocycles. The summed E-state index contributed by atoms with van der Waals surface area (Å²) in [6, 6.07) is 5.68. The predicted molar refractivity (Wildman–Crippen MR) is 58.5 cm³/mol. The fourth-order valence-electron chi connectivity index (χ4n) is 3.11. The number of carbonyl (C=O) groups is 1. The number of aliphatic hydroxyl groups is 1. The highest BCUT2D eigenvalue weighted by atomic mass is 16.5. The molecule has 1 N–H and O–H groups in total. The SMILES string of the molecule is COC(=O)c1ccc2c(c1)[C@@H]1C[C@H]2[C@@H](O)C1. The molecule has 2 aliphatic rings. The lowest BCUT2D eigenvalue weighted by Crippen LogP contribution is -2.15. The van der Waals surface area contributed by atoms with Gasteiger partial charge in [-0.1, -0.05) is 6.07 Å². The highest BCUT2D eigenvalue weighted by Crippen LogP contribution is 2.53. The number of esters is 1. The van der Waals surface area contributed by atoms with Crippen LogP contribution in [0.3, 0.4) is 0 Å². The number of hydrogen-bond acceptors (Lipinski definition) is 3. The number of aliphatic hydroxyl groups excluding tert-OH is 1. The largest absolute Gasteiger partial charge is 0.465 e. The first kappa shape index (κ1) is 9.85. The number of ether oxygens (including phenoxy) is 1. The van der Waals surface area contributed by atoms with E-state index < -0.39 is 0 Å². The molecule has 1 aromatic carbocycles. The van der Waals surface area contributed by atoms with Crippen molar-refractivity contribution < 1.29 is 14.6 Å². The van der Waals surface area contributed by atoms with Crippen molar-refractivity contribution >= 4 is 5.97 Å². The lowest BCUT2D eigenvalue weighted by atomic mass is 9.89. The van der Waals surface area contributed by atoms with E-state index in [0.29, 0.717) is 11.5 Å². The highest BCUT2D eigenvalue weighted by Gasteiger charge is 2.43. The second kappa shape index (κ2) is 3.32. The molecule has 84 valence electrons. The number of rotatable bonds is 1. The van der Waals surface area contributed by atoms with Crippen LogP contribution in [-0.2, 0) is 4.74 Å². The Morgan fingerprint density at radius 2 is 2.19 bits per heavy atom. The normalized spacial score (nSPS) is 30.2. The summed E-state index contributed by atoms with van der Waals surface area (Å²) in [7, 11) is 1.39. The third-order valence-electron chi connectivity index (χ3n) is 3.88. The van der Waals surface area contributed by atoms with Gasteiger partial charge in [0.1, 0.15) is 0 Å². The summed E-state index contributed by atoms with van der Waals surface area (Å²) in [4.78, 5) is 11.4. The van der Waals surface area contributed by atoms with Crippen molar-refractivity contribution in [2.24, 2.45) is 0 Å². The third-order valence-corrected chi connectivity index (χ3v) is 3.88. The van der Waals surface area contributed by atoms with Gasteiger partial charge in [0.05, 0.1) is 18.8 Å². The standard InChI is InChI=1S/C13H14O3/c1-16-13(15)7-2-3-9-10(4-7)8-5-11(9)12(14)6-8/h2-4,8,11-12,14H,5-6H2,1H3/t8-,11-,12+/m1/s1. The molecule has 2 bridgehead atoms. The maximum Gasteiger partial charge on any atom is 0.337 e. The predicted octanol–water partition coefficient (Wildman–Crippen LogP) is 1.81. The van der Waals surface area contributed by atoms with Crippen LogP contribution >= 0.6 is 0 Å². The second-order valence-corrected chi connectivity index (χ2v) is 4.68. The molecule has 1 fully saturated rings. The Hall–Kier alpha value is -1.35. The smallest absolute Gasteiger partial charge is 0.337 e. The molecule has 3 heteroatoms. The summed E-state index contributed by atoms with van der Waals surface area (Å²) in [5, 5.41) is 9.80. The van der Waals surface area contributed by atoms with E-state index in [2.05, 4.69) is 0 Å². The van der Waals surface area contributed by atoms with Gasteiger partial charge in [0.2, 0.25) is 0 Å². The monoisotopic (exact) mass is 218 g/mol. The Labute approximate surface area is 94.0 Å². The fraction of sp³-hybridized carbons (Fsp3) is 0.462. The Morgan fingerprint density at radius 3 is 2.94 bits per heavy atom. The number of carbonyl (C=O) groups excluding carboxylic acids is 1. The van der Waals surface area contributed by atoms with Crippen LogP contribution in [0.25, 0.3) is 0 Å². The molecule has 0 saturated heterocycles. The first-order valence-corrected chi connectivity index (χ1v) is 5.61. The van der Waals surface area contributed by atoms with Gasteiger partial charge in [0.15, 0.2) is 0 Å². The van der Waals surface area contributed by atoms with Crippen molar-refractivity contribution in [2.45, 2.75) is 30.8 Å². The molecule has 0 amide bonds. The number of hydrogen-bond donors (Lipinski definition) is 1. The van der Waals surface area contributed by atoms with Crippen LogP contribution in [0.4, 0.5) is 0 Å². The summed E-state index contributed by atoms with van der Waals surface area (Å²) >= 11 is 0. The minimum absolute atomic E-state index is 0.193. The zero-order valence-electron chi connectivity index (χ0n) is 9.14. The number of benzene rings is 1. The van der Waals surface area contributed by atoms with Crippen molar-refractivity contribution in [3.63, 3.8) is 0 Å². The van der Waals surface area contributed by atoms with Gasteiger partial charge in [-0.15, -0.1) is 0 Å². The lowest BCUT2D eigenvalue weighted by molar-refractivity contribution is 0.0600. The molecular formula is C13H14O3. The second-order valence-electron chi connectivity index (χ2n) is 4.68. The molecule has 1 saturated carbocycles. The third kappa shape index (κ3) is 1.21. The maximum atomic E-state index is 11.4. The van der Waals surface area contributed by atoms with Gasteiger partial charge in [-0.3, -0.25) is 0 Å². The van der Waals surface area contributed by atoms with Crippen molar-refractivity contribution in [2.75, 3.05) is 7.11 Å². The average molecular weight is 218 g/mol. The van der Waals surface area contributed by atoms with Crippen LogP contribution < -0.4 is 0 Å². The van der Waals surface area contributed by atoms with Gasteiger partial charge in [-0.2, -0.15) is 0 Å². The van der Waals surface area contributed by atoms with Crippen LogP contribution in [0, 0.1) is 0 Å². The van der Waals surface area contributed by atoms with Crippen LogP contribution in [0.5, 0.6) is 0 Å². The van der Waals surface area contributed by atoms with Crippen molar-refractivity contribution in [1.29, 1.82) is 0 Å². The fourth-order valence-corrected chi connectivity index (χ4v) is 3.11. The van der Waals surface area contributed by atoms with Crippen molar-refractivity contribution in [1.82, 2.24) is 0 Å². The Balaban J connectivity index is 2.03. The van der Waals surface area contributed by atoms with Crippen LogP contribution in [0.2, 0.25) is 0 Å².